The maximum Gasteiger partial charge on any atom is 0.251 e. The van der Waals surface area contributed by atoms with Crippen molar-refractivity contribution in [3.05, 3.63) is 66.4 Å². The monoisotopic (exact) mass is 389 g/mol. The molecule has 0 aliphatic carbocycles. The number of nitrogens with one attached hydrogen (secondary N) is 4. The van der Waals surface area contributed by atoms with Gasteiger partial charge in [-0.25, -0.2) is 4.98 Å². The van der Waals surface area contributed by atoms with Crippen LogP contribution in [0, 0.1) is 0 Å². The van der Waals surface area contributed by atoms with E-state index in [4.69, 9.17) is 0 Å². The van der Waals surface area contributed by atoms with E-state index in [1.54, 1.807) is 12.3 Å². The SMILES string of the molecule is O=C(C=Cc1c[nH]c2ccccc12)NC(CO)C(=O)Nc1nc2ccccc2[nH]1. The van der Waals surface area contributed by atoms with Gasteiger partial charge in [-0.15, -0.1) is 0 Å². The molecule has 146 valence electrons. The van der Waals surface area contributed by atoms with Crippen LogP contribution < -0.4 is 10.6 Å². The summed E-state index contributed by atoms with van der Waals surface area (Å²) in [5.74, 6) is -0.812. The number of aromatic nitrogens is 3. The number of aromatic amines is 2. The molecular formula is C21H19N5O3. The Kier molecular flexibility index (Phi) is 5.08. The molecule has 0 aliphatic rings. The number of anilines is 1. The van der Waals surface area contributed by atoms with Gasteiger partial charge >= 0.3 is 0 Å². The third-order valence-electron chi connectivity index (χ3n) is 4.48. The predicted octanol–water partition coefficient (Wildman–Crippen LogP) is 2.17. The van der Waals surface area contributed by atoms with E-state index in [0.717, 1.165) is 22.0 Å². The topological polar surface area (TPSA) is 123 Å². The first kappa shape index (κ1) is 18.5. The van der Waals surface area contributed by atoms with Gasteiger partial charge in [0.15, 0.2) is 0 Å². The summed E-state index contributed by atoms with van der Waals surface area (Å²) < 4.78 is 0. The summed E-state index contributed by atoms with van der Waals surface area (Å²) in [5.41, 5.74) is 3.29. The zero-order chi connectivity index (χ0) is 20.2. The number of hydrogen-bond acceptors (Lipinski definition) is 4. The lowest BCUT2D eigenvalue weighted by molar-refractivity contribution is -0.124. The molecule has 29 heavy (non-hydrogen) atoms. The fraction of sp³-hybridized carbons (Fsp3) is 0.0952. The van der Waals surface area contributed by atoms with Crippen molar-refractivity contribution in [2.75, 3.05) is 11.9 Å². The lowest BCUT2D eigenvalue weighted by atomic mass is 10.1. The van der Waals surface area contributed by atoms with E-state index in [1.165, 1.54) is 6.08 Å². The number of aliphatic hydroxyl groups excluding tert-OH is 1. The summed E-state index contributed by atoms with van der Waals surface area (Å²) in [6, 6.07) is 13.9. The molecule has 8 heteroatoms. The number of amides is 2. The Labute approximate surface area is 165 Å². The van der Waals surface area contributed by atoms with Gasteiger partial charge in [-0.2, -0.15) is 0 Å². The molecule has 0 fully saturated rings. The van der Waals surface area contributed by atoms with E-state index >= 15 is 0 Å². The molecule has 0 saturated heterocycles. The second kappa shape index (κ2) is 7.99. The van der Waals surface area contributed by atoms with Crippen LogP contribution in [-0.4, -0.2) is 44.5 Å². The van der Waals surface area contributed by atoms with Crippen LogP contribution in [0.5, 0.6) is 0 Å². The van der Waals surface area contributed by atoms with Crippen molar-refractivity contribution in [3.8, 4) is 0 Å². The minimum absolute atomic E-state index is 0.248. The zero-order valence-corrected chi connectivity index (χ0v) is 15.3. The number of para-hydroxylation sites is 3. The third kappa shape index (κ3) is 4.02. The second-order valence-corrected chi connectivity index (χ2v) is 6.46. The standard InChI is InChI=1S/C21H19N5O3/c27-12-18(20(29)26-21-24-16-7-3-4-8-17(16)25-21)23-19(28)10-9-13-11-22-15-6-2-1-5-14(13)15/h1-11,18,22,27H,12H2,(H,23,28)(H2,24,25,26,29). The van der Waals surface area contributed by atoms with Crippen LogP contribution in [0.25, 0.3) is 28.0 Å². The summed E-state index contributed by atoms with van der Waals surface area (Å²) in [6.07, 6.45) is 4.78. The molecule has 0 spiro atoms. The van der Waals surface area contributed by atoms with Crippen LogP contribution in [0.1, 0.15) is 5.56 Å². The molecule has 2 aromatic carbocycles. The lowest BCUT2D eigenvalue weighted by Crippen LogP contribution is -2.45. The maximum absolute atomic E-state index is 12.4. The number of H-pyrrole nitrogens is 2. The van der Waals surface area contributed by atoms with E-state index in [1.807, 2.05) is 48.5 Å². The molecule has 2 amide bonds. The molecule has 8 nitrogen and oxygen atoms in total. The van der Waals surface area contributed by atoms with Gasteiger partial charge in [0.25, 0.3) is 5.91 Å². The van der Waals surface area contributed by atoms with Gasteiger partial charge in [0, 0.05) is 23.2 Å². The average Bonchev–Trinajstić information content (AvgIpc) is 3.33. The normalized spacial score (nSPS) is 12.4. The second-order valence-electron chi connectivity index (χ2n) is 6.46. The highest BCUT2D eigenvalue weighted by atomic mass is 16.3. The fourth-order valence-corrected chi connectivity index (χ4v) is 3.03. The van der Waals surface area contributed by atoms with Gasteiger partial charge in [0.05, 0.1) is 17.6 Å². The number of benzene rings is 2. The highest BCUT2D eigenvalue weighted by Crippen LogP contribution is 2.18. The van der Waals surface area contributed by atoms with E-state index in [9.17, 15) is 14.7 Å². The van der Waals surface area contributed by atoms with Crippen molar-refractivity contribution in [2.24, 2.45) is 0 Å². The van der Waals surface area contributed by atoms with Gasteiger partial charge in [-0.1, -0.05) is 30.3 Å². The van der Waals surface area contributed by atoms with Gasteiger partial charge in [0.2, 0.25) is 11.9 Å². The number of imidazole rings is 1. The zero-order valence-electron chi connectivity index (χ0n) is 15.3. The van der Waals surface area contributed by atoms with Crippen molar-refractivity contribution in [2.45, 2.75) is 6.04 Å². The van der Waals surface area contributed by atoms with Crippen molar-refractivity contribution in [1.82, 2.24) is 20.3 Å². The van der Waals surface area contributed by atoms with Crippen LogP contribution in [-0.2, 0) is 9.59 Å². The Morgan fingerprint density at radius 2 is 1.86 bits per heavy atom. The van der Waals surface area contributed by atoms with Crippen LogP contribution in [0.15, 0.2) is 60.8 Å². The van der Waals surface area contributed by atoms with E-state index in [2.05, 4.69) is 25.6 Å². The number of fused-ring (bicyclic) bond motifs is 2. The van der Waals surface area contributed by atoms with Gasteiger partial charge < -0.3 is 20.4 Å². The fourth-order valence-electron chi connectivity index (χ4n) is 3.03. The lowest BCUT2D eigenvalue weighted by Gasteiger charge is -2.13. The molecule has 5 N–H and O–H groups in total. The molecule has 0 saturated carbocycles. The third-order valence-corrected chi connectivity index (χ3v) is 4.48. The highest BCUT2D eigenvalue weighted by molar-refractivity contribution is 6.01. The Balaban J connectivity index is 1.40. The van der Waals surface area contributed by atoms with Gasteiger partial charge in [-0.05, 0) is 29.8 Å². The van der Waals surface area contributed by atoms with Crippen LogP contribution in [0.3, 0.4) is 0 Å². The molecule has 2 heterocycles. The van der Waals surface area contributed by atoms with Gasteiger partial charge in [-0.3, -0.25) is 14.9 Å². The van der Waals surface area contributed by atoms with Crippen molar-refractivity contribution in [3.63, 3.8) is 0 Å². The highest BCUT2D eigenvalue weighted by Gasteiger charge is 2.20. The maximum atomic E-state index is 12.4. The molecule has 1 atom stereocenters. The van der Waals surface area contributed by atoms with Crippen molar-refractivity contribution in [1.29, 1.82) is 0 Å². The molecule has 1 unspecified atom stereocenters. The summed E-state index contributed by atoms with van der Waals surface area (Å²) in [6.45, 7) is -0.543. The molecule has 2 aromatic heterocycles. The molecule has 4 rings (SSSR count). The smallest absolute Gasteiger partial charge is 0.251 e. The molecule has 0 aliphatic heterocycles. The Morgan fingerprint density at radius 3 is 2.66 bits per heavy atom. The summed E-state index contributed by atoms with van der Waals surface area (Å²) in [5, 5.41) is 15.6. The summed E-state index contributed by atoms with van der Waals surface area (Å²) >= 11 is 0. The van der Waals surface area contributed by atoms with E-state index in [-0.39, 0.29) is 5.95 Å². The Bertz CT molecular complexity index is 1170. The van der Waals surface area contributed by atoms with Crippen molar-refractivity contribution >= 4 is 45.8 Å². The van der Waals surface area contributed by atoms with Gasteiger partial charge in [0.1, 0.15) is 6.04 Å². The summed E-state index contributed by atoms with van der Waals surface area (Å²) in [4.78, 5) is 34.9. The Hall–Kier alpha value is -3.91. The Morgan fingerprint density at radius 1 is 1.10 bits per heavy atom. The first-order chi connectivity index (χ1) is 14.1. The number of hydrogen-bond donors (Lipinski definition) is 5. The minimum atomic E-state index is -1.11. The first-order valence-electron chi connectivity index (χ1n) is 9.05. The average molecular weight is 389 g/mol. The number of carbonyl (C=O) groups is 2. The number of carbonyl (C=O) groups excluding carboxylic acids is 2. The molecule has 4 aromatic rings. The van der Waals surface area contributed by atoms with E-state index < -0.39 is 24.5 Å². The van der Waals surface area contributed by atoms with Crippen molar-refractivity contribution < 1.29 is 14.7 Å². The number of nitrogens with zero attached hydrogens (tertiary/aromatic N) is 1. The molecule has 0 bridgehead atoms. The van der Waals surface area contributed by atoms with Crippen LogP contribution >= 0.6 is 0 Å². The summed E-state index contributed by atoms with van der Waals surface area (Å²) in [7, 11) is 0. The minimum Gasteiger partial charge on any atom is -0.394 e. The quantitative estimate of drug-likeness (QED) is 0.324. The van der Waals surface area contributed by atoms with Crippen LogP contribution in [0.2, 0.25) is 0 Å². The first-order valence-corrected chi connectivity index (χ1v) is 9.05. The molecule has 0 radical (unpaired) electrons. The number of aliphatic hydroxyl groups is 1. The molecular weight excluding hydrogens is 370 g/mol. The van der Waals surface area contributed by atoms with E-state index in [0.29, 0.717) is 5.52 Å². The predicted molar refractivity (Wildman–Crippen MR) is 111 cm³/mol. The largest absolute Gasteiger partial charge is 0.394 e. The van der Waals surface area contributed by atoms with Crippen LogP contribution in [0.4, 0.5) is 5.95 Å². The number of rotatable bonds is 6.